The smallest absolute Gasteiger partial charge is 0.407 e. The van der Waals surface area contributed by atoms with E-state index in [1.54, 1.807) is 0 Å². The summed E-state index contributed by atoms with van der Waals surface area (Å²) in [5.74, 6) is 0.530. The van der Waals surface area contributed by atoms with Gasteiger partial charge in [-0.2, -0.15) is 0 Å². The van der Waals surface area contributed by atoms with Crippen molar-refractivity contribution in [3.8, 4) is 0 Å². The van der Waals surface area contributed by atoms with Gasteiger partial charge in [0, 0.05) is 12.6 Å². The zero-order chi connectivity index (χ0) is 8.43. The van der Waals surface area contributed by atoms with Crippen LogP contribution in [0.15, 0.2) is 0 Å². The second kappa shape index (κ2) is 3.11. The topological polar surface area (TPSA) is 40.5 Å². The fourth-order valence-electron chi connectivity index (χ4n) is 1.56. The molecule has 1 fully saturated rings. The molecule has 0 aromatic heterocycles. The molecule has 1 rings (SSSR count). The van der Waals surface area contributed by atoms with Crippen molar-refractivity contribution in [3.05, 3.63) is 0 Å². The Morgan fingerprint density at radius 3 is 2.55 bits per heavy atom. The molecular formula is C8H15NO2. The van der Waals surface area contributed by atoms with Crippen LogP contribution in [-0.2, 0) is 0 Å². The maximum Gasteiger partial charge on any atom is 0.407 e. The van der Waals surface area contributed by atoms with Crippen LogP contribution in [0.2, 0.25) is 0 Å². The first-order valence-electron chi connectivity index (χ1n) is 4.11. The molecule has 64 valence electrons. The van der Waals surface area contributed by atoms with Gasteiger partial charge < -0.3 is 10.0 Å². The van der Waals surface area contributed by atoms with Gasteiger partial charge in [-0.05, 0) is 25.7 Å². The first-order chi connectivity index (χ1) is 5.11. The Balaban J connectivity index is 2.54. The number of nitrogens with zero attached hydrogens (tertiary/aromatic N) is 1. The molecule has 1 N–H and O–H groups in total. The molecule has 1 saturated heterocycles. The number of carboxylic acid groups (broad SMARTS) is 1. The molecule has 0 saturated carbocycles. The number of rotatable bonds is 0. The number of piperidine rings is 1. The third kappa shape index (κ3) is 1.85. The summed E-state index contributed by atoms with van der Waals surface area (Å²) in [6.45, 7) is 4.78. The van der Waals surface area contributed by atoms with Gasteiger partial charge >= 0.3 is 6.09 Å². The predicted molar refractivity (Wildman–Crippen MR) is 42.6 cm³/mol. The molecule has 0 bridgehead atoms. The van der Waals surface area contributed by atoms with Crippen molar-refractivity contribution >= 4 is 6.09 Å². The molecule has 0 aliphatic carbocycles. The number of hydrogen-bond acceptors (Lipinski definition) is 1. The van der Waals surface area contributed by atoms with Crippen LogP contribution >= 0.6 is 0 Å². The highest BCUT2D eigenvalue weighted by atomic mass is 16.4. The van der Waals surface area contributed by atoms with Gasteiger partial charge in [0.1, 0.15) is 0 Å². The van der Waals surface area contributed by atoms with Crippen LogP contribution in [0, 0.1) is 5.92 Å². The average molecular weight is 157 g/mol. The number of carbonyl (C=O) groups is 1. The summed E-state index contributed by atoms with van der Waals surface area (Å²) in [6, 6.07) is 0.212. The summed E-state index contributed by atoms with van der Waals surface area (Å²) in [4.78, 5) is 12.2. The van der Waals surface area contributed by atoms with E-state index in [4.69, 9.17) is 5.11 Å². The summed E-state index contributed by atoms with van der Waals surface area (Å²) < 4.78 is 0. The largest absolute Gasteiger partial charge is 0.465 e. The highest BCUT2D eigenvalue weighted by Crippen LogP contribution is 2.20. The molecule has 2 atom stereocenters. The average Bonchev–Trinajstić information content (AvgIpc) is 1.94. The van der Waals surface area contributed by atoms with E-state index in [1.807, 2.05) is 6.92 Å². The van der Waals surface area contributed by atoms with Crippen molar-refractivity contribution in [2.24, 2.45) is 5.92 Å². The number of hydrogen-bond donors (Lipinski definition) is 1. The van der Waals surface area contributed by atoms with Gasteiger partial charge in [0.05, 0.1) is 0 Å². The van der Waals surface area contributed by atoms with E-state index in [0.717, 1.165) is 12.8 Å². The quantitative estimate of drug-likeness (QED) is 0.582. The monoisotopic (exact) mass is 157 g/mol. The van der Waals surface area contributed by atoms with Crippen LogP contribution in [-0.4, -0.2) is 28.7 Å². The number of amides is 1. The van der Waals surface area contributed by atoms with Crippen LogP contribution in [0.1, 0.15) is 26.7 Å². The molecule has 0 aromatic rings. The van der Waals surface area contributed by atoms with Crippen LogP contribution < -0.4 is 0 Å². The molecule has 0 radical (unpaired) electrons. The van der Waals surface area contributed by atoms with Crippen LogP contribution in [0.3, 0.4) is 0 Å². The van der Waals surface area contributed by atoms with E-state index in [2.05, 4.69) is 6.92 Å². The standard InChI is InChI=1S/C8H15NO2/c1-6-3-4-7(2)9(5-6)8(10)11/h6-7H,3-5H2,1-2H3,(H,10,11). The molecule has 0 aromatic carbocycles. The highest BCUT2D eigenvalue weighted by molar-refractivity contribution is 5.65. The third-order valence-corrected chi connectivity index (χ3v) is 2.36. The minimum absolute atomic E-state index is 0.212. The summed E-state index contributed by atoms with van der Waals surface area (Å²) in [5, 5.41) is 8.75. The molecular weight excluding hydrogens is 142 g/mol. The Hall–Kier alpha value is -0.730. The molecule has 1 heterocycles. The minimum Gasteiger partial charge on any atom is -0.465 e. The summed E-state index contributed by atoms with van der Waals surface area (Å²) >= 11 is 0. The Morgan fingerprint density at radius 1 is 1.45 bits per heavy atom. The van der Waals surface area contributed by atoms with E-state index in [0.29, 0.717) is 12.5 Å². The molecule has 1 amide bonds. The zero-order valence-electron chi connectivity index (χ0n) is 7.08. The number of likely N-dealkylation sites (tertiary alicyclic amines) is 1. The third-order valence-electron chi connectivity index (χ3n) is 2.36. The summed E-state index contributed by atoms with van der Waals surface area (Å²) in [7, 11) is 0. The Labute approximate surface area is 67.0 Å². The molecule has 0 spiro atoms. The van der Waals surface area contributed by atoms with Crippen LogP contribution in [0.25, 0.3) is 0 Å². The van der Waals surface area contributed by atoms with E-state index in [1.165, 1.54) is 4.90 Å². The Morgan fingerprint density at radius 2 is 2.09 bits per heavy atom. The SMILES string of the molecule is CC1CCC(C)N(C(=O)O)C1. The fourth-order valence-corrected chi connectivity index (χ4v) is 1.56. The first-order valence-corrected chi connectivity index (χ1v) is 4.11. The summed E-state index contributed by atoms with van der Waals surface area (Å²) in [5.41, 5.74) is 0. The molecule has 3 heteroatoms. The molecule has 1 aliphatic rings. The molecule has 1 aliphatic heterocycles. The van der Waals surface area contributed by atoms with Crippen molar-refractivity contribution in [3.63, 3.8) is 0 Å². The Bertz CT molecular complexity index is 158. The Kier molecular flexibility index (Phi) is 2.37. The maximum atomic E-state index is 10.6. The van der Waals surface area contributed by atoms with Crippen LogP contribution in [0.4, 0.5) is 4.79 Å². The molecule has 11 heavy (non-hydrogen) atoms. The van der Waals surface area contributed by atoms with Crippen molar-refractivity contribution < 1.29 is 9.90 Å². The van der Waals surface area contributed by atoms with Crippen molar-refractivity contribution in [1.29, 1.82) is 0 Å². The lowest BCUT2D eigenvalue weighted by molar-refractivity contribution is 0.0963. The van der Waals surface area contributed by atoms with Crippen molar-refractivity contribution in [2.75, 3.05) is 6.54 Å². The molecule has 3 nitrogen and oxygen atoms in total. The maximum absolute atomic E-state index is 10.6. The van der Waals surface area contributed by atoms with Crippen LogP contribution in [0.5, 0.6) is 0 Å². The van der Waals surface area contributed by atoms with Gasteiger partial charge in [0.25, 0.3) is 0 Å². The fraction of sp³-hybridized carbons (Fsp3) is 0.875. The first kappa shape index (κ1) is 8.37. The van der Waals surface area contributed by atoms with Gasteiger partial charge in [-0.1, -0.05) is 6.92 Å². The predicted octanol–water partition coefficient (Wildman–Crippen LogP) is 1.78. The van der Waals surface area contributed by atoms with Crippen molar-refractivity contribution in [1.82, 2.24) is 4.90 Å². The van der Waals surface area contributed by atoms with E-state index < -0.39 is 6.09 Å². The highest BCUT2D eigenvalue weighted by Gasteiger charge is 2.25. The van der Waals surface area contributed by atoms with E-state index in [-0.39, 0.29) is 6.04 Å². The van der Waals surface area contributed by atoms with Gasteiger partial charge in [-0.15, -0.1) is 0 Å². The minimum atomic E-state index is -0.774. The van der Waals surface area contributed by atoms with Gasteiger partial charge in [-0.3, -0.25) is 0 Å². The van der Waals surface area contributed by atoms with Gasteiger partial charge in [0.15, 0.2) is 0 Å². The zero-order valence-corrected chi connectivity index (χ0v) is 7.08. The van der Waals surface area contributed by atoms with Gasteiger partial charge in [0.2, 0.25) is 0 Å². The van der Waals surface area contributed by atoms with Gasteiger partial charge in [-0.25, -0.2) is 4.79 Å². The summed E-state index contributed by atoms with van der Waals surface area (Å²) in [6.07, 6.45) is 1.39. The lowest BCUT2D eigenvalue weighted by atomic mass is 9.96. The lowest BCUT2D eigenvalue weighted by Crippen LogP contribution is -2.44. The second-order valence-electron chi connectivity index (χ2n) is 3.47. The normalized spacial score (nSPS) is 32.0. The van der Waals surface area contributed by atoms with E-state index in [9.17, 15) is 4.79 Å². The second-order valence-corrected chi connectivity index (χ2v) is 3.47. The van der Waals surface area contributed by atoms with E-state index >= 15 is 0 Å². The van der Waals surface area contributed by atoms with Crippen molar-refractivity contribution in [2.45, 2.75) is 32.7 Å². The lowest BCUT2D eigenvalue weighted by Gasteiger charge is -2.34. The molecule has 2 unspecified atom stereocenters.